The van der Waals surface area contributed by atoms with Gasteiger partial charge in [-0.2, -0.15) is 0 Å². The Morgan fingerprint density at radius 2 is 1.55 bits per heavy atom. The van der Waals surface area contributed by atoms with Crippen molar-refractivity contribution in [2.24, 2.45) is 0 Å². The Bertz CT molecular complexity index is 1310. The lowest BCUT2D eigenvalue weighted by Crippen LogP contribution is -2.48. The van der Waals surface area contributed by atoms with Gasteiger partial charge < -0.3 is 19.4 Å². The number of imidazole rings is 1. The standard InChI is InChI=1S/C30H40BrCl2N3O3Si/c1-17(2)40(18(3)4,19(5)6)39-16-21(8)36-28(27(29(37)38)35-30(36)31)26(22-10-13-23(32)14-11-22)34-25-15-24(33)12-9-20(25)7/h9-15,17-19,21,26,34H,16H2,1-8H3,(H,37,38)/t21-,26?/m0/s1. The van der Waals surface area contributed by atoms with E-state index in [1.165, 1.54) is 0 Å². The monoisotopic (exact) mass is 667 g/mol. The molecule has 2 aromatic carbocycles. The number of aromatic nitrogens is 2. The van der Waals surface area contributed by atoms with Gasteiger partial charge in [-0.25, -0.2) is 9.78 Å². The van der Waals surface area contributed by atoms with Crippen LogP contribution in [0.5, 0.6) is 0 Å². The van der Waals surface area contributed by atoms with Crippen molar-refractivity contribution in [1.29, 1.82) is 0 Å². The summed E-state index contributed by atoms with van der Waals surface area (Å²) in [5.41, 5.74) is 4.36. The van der Waals surface area contributed by atoms with Crippen LogP contribution in [0.2, 0.25) is 26.7 Å². The second kappa shape index (κ2) is 13.4. The summed E-state index contributed by atoms with van der Waals surface area (Å²) in [5, 5.41) is 15.0. The molecule has 2 atom stereocenters. The number of carboxylic acids is 1. The van der Waals surface area contributed by atoms with Crippen molar-refractivity contribution in [3.05, 3.63) is 79.8 Å². The van der Waals surface area contributed by atoms with Crippen LogP contribution in [-0.2, 0) is 4.43 Å². The summed E-state index contributed by atoms with van der Waals surface area (Å²) >= 11 is 16.2. The second-order valence-electron chi connectivity index (χ2n) is 11.4. The highest BCUT2D eigenvalue weighted by Gasteiger charge is 2.45. The molecule has 218 valence electrons. The van der Waals surface area contributed by atoms with Crippen molar-refractivity contribution >= 4 is 59.1 Å². The van der Waals surface area contributed by atoms with Gasteiger partial charge in [-0.1, -0.05) is 82.9 Å². The van der Waals surface area contributed by atoms with Gasteiger partial charge in [-0.3, -0.25) is 0 Å². The first-order chi connectivity index (χ1) is 18.7. The Labute approximate surface area is 257 Å². The maximum Gasteiger partial charge on any atom is 0.356 e. The van der Waals surface area contributed by atoms with E-state index >= 15 is 0 Å². The van der Waals surface area contributed by atoms with E-state index in [4.69, 9.17) is 27.6 Å². The molecule has 0 aliphatic rings. The van der Waals surface area contributed by atoms with Crippen LogP contribution >= 0.6 is 39.1 Å². The summed E-state index contributed by atoms with van der Waals surface area (Å²) in [4.78, 5) is 17.0. The average molecular weight is 670 g/mol. The van der Waals surface area contributed by atoms with E-state index in [-0.39, 0.29) is 11.7 Å². The Kier molecular flexibility index (Phi) is 11.0. The molecule has 2 N–H and O–H groups in total. The van der Waals surface area contributed by atoms with E-state index in [0.29, 0.717) is 43.7 Å². The van der Waals surface area contributed by atoms with E-state index in [0.717, 1.165) is 16.8 Å². The fraction of sp³-hybridized carbons (Fsp3) is 0.467. The molecule has 0 spiro atoms. The largest absolute Gasteiger partial charge is 0.476 e. The van der Waals surface area contributed by atoms with Crippen LogP contribution in [0.15, 0.2) is 47.2 Å². The molecule has 0 aliphatic heterocycles. The first-order valence-electron chi connectivity index (χ1n) is 13.6. The van der Waals surface area contributed by atoms with Crippen LogP contribution in [0.3, 0.4) is 0 Å². The number of carboxylic acid groups (broad SMARTS) is 1. The summed E-state index contributed by atoms with van der Waals surface area (Å²) in [6.45, 7) is 18.0. The lowest BCUT2D eigenvalue weighted by Gasteiger charge is -2.43. The van der Waals surface area contributed by atoms with Crippen molar-refractivity contribution in [2.75, 3.05) is 11.9 Å². The molecule has 1 heterocycles. The molecule has 3 rings (SSSR count). The van der Waals surface area contributed by atoms with Gasteiger partial charge in [-0.15, -0.1) is 0 Å². The van der Waals surface area contributed by atoms with Crippen molar-refractivity contribution in [3.8, 4) is 0 Å². The van der Waals surface area contributed by atoms with Crippen LogP contribution in [0.25, 0.3) is 0 Å². The third-order valence-electron chi connectivity index (χ3n) is 7.81. The highest BCUT2D eigenvalue weighted by Crippen LogP contribution is 2.43. The molecule has 0 bridgehead atoms. The van der Waals surface area contributed by atoms with Crippen LogP contribution < -0.4 is 5.32 Å². The molecule has 10 heteroatoms. The highest BCUT2D eigenvalue weighted by molar-refractivity contribution is 9.10. The summed E-state index contributed by atoms with van der Waals surface area (Å²) < 4.78 is 9.31. The van der Waals surface area contributed by atoms with Gasteiger partial charge in [0.15, 0.2) is 18.7 Å². The minimum atomic E-state index is -2.16. The number of anilines is 1. The number of nitrogens with zero attached hydrogens (tertiary/aromatic N) is 2. The van der Waals surface area contributed by atoms with Crippen LogP contribution in [0, 0.1) is 6.92 Å². The van der Waals surface area contributed by atoms with E-state index in [2.05, 4.69) is 67.8 Å². The summed E-state index contributed by atoms with van der Waals surface area (Å²) in [5.74, 6) is -1.11. The molecule has 1 unspecified atom stereocenters. The SMILES string of the molecule is Cc1ccc(Cl)cc1NC(c1ccc(Cl)cc1)c1c(C(=O)O)nc(Br)n1[C@@H](C)CO[Si](C(C)C)(C(C)C)C(C)C. The summed E-state index contributed by atoms with van der Waals surface area (Å²) in [7, 11) is -2.16. The Balaban J connectivity index is 2.18. The maximum absolute atomic E-state index is 12.6. The number of aryl methyl sites for hydroxylation is 1. The number of benzene rings is 2. The number of aromatic carboxylic acids is 1. The molecule has 1 aromatic heterocycles. The number of carbonyl (C=O) groups is 1. The highest BCUT2D eigenvalue weighted by atomic mass is 79.9. The number of halogens is 3. The van der Waals surface area contributed by atoms with Crippen molar-refractivity contribution in [1.82, 2.24) is 9.55 Å². The predicted octanol–water partition coefficient (Wildman–Crippen LogP) is 9.91. The zero-order valence-corrected chi connectivity index (χ0v) is 28.5. The number of nitrogens with one attached hydrogen (secondary N) is 1. The summed E-state index contributed by atoms with van der Waals surface area (Å²) in [6.07, 6.45) is 0. The number of rotatable bonds is 12. The molecule has 0 aliphatic carbocycles. The molecular weight excluding hydrogens is 629 g/mol. The quantitative estimate of drug-likeness (QED) is 0.188. The lowest BCUT2D eigenvalue weighted by atomic mass is 10.00. The first kappa shape index (κ1) is 32.7. The van der Waals surface area contributed by atoms with Crippen molar-refractivity contribution in [3.63, 3.8) is 0 Å². The lowest BCUT2D eigenvalue weighted by molar-refractivity contribution is 0.0689. The van der Waals surface area contributed by atoms with Crippen LogP contribution in [-0.4, -0.2) is 35.6 Å². The number of hydrogen-bond donors (Lipinski definition) is 2. The van der Waals surface area contributed by atoms with Gasteiger partial charge in [0.1, 0.15) is 0 Å². The molecule has 0 fully saturated rings. The van der Waals surface area contributed by atoms with Crippen LogP contribution in [0.1, 0.15) is 87.9 Å². The van der Waals surface area contributed by atoms with Crippen molar-refractivity contribution in [2.45, 2.75) is 84.1 Å². The maximum atomic E-state index is 12.6. The minimum Gasteiger partial charge on any atom is -0.476 e. The molecule has 0 saturated carbocycles. The summed E-state index contributed by atoms with van der Waals surface area (Å²) in [6, 6.07) is 12.2. The van der Waals surface area contributed by atoms with Gasteiger partial charge in [-0.05, 0) is 81.8 Å². The number of hydrogen-bond acceptors (Lipinski definition) is 4. The second-order valence-corrected chi connectivity index (χ2v) is 18.4. The molecule has 0 radical (unpaired) electrons. The minimum absolute atomic E-state index is 0.0362. The zero-order chi connectivity index (χ0) is 29.9. The van der Waals surface area contributed by atoms with E-state index in [1.807, 2.05) is 48.7 Å². The van der Waals surface area contributed by atoms with E-state index in [9.17, 15) is 9.90 Å². The normalized spacial score (nSPS) is 13.8. The third kappa shape index (κ3) is 6.79. The van der Waals surface area contributed by atoms with Gasteiger partial charge in [0.25, 0.3) is 0 Å². The van der Waals surface area contributed by atoms with E-state index < -0.39 is 20.3 Å². The smallest absolute Gasteiger partial charge is 0.356 e. The molecule has 40 heavy (non-hydrogen) atoms. The van der Waals surface area contributed by atoms with Gasteiger partial charge >= 0.3 is 5.97 Å². The molecule has 0 saturated heterocycles. The Hall–Kier alpha value is -1.84. The predicted molar refractivity (Wildman–Crippen MR) is 172 cm³/mol. The van der Waals surface area contributed by atoms with Gasteiger partial charge in [0.2, 0.25) is 0 Å². The van der Waals surface area contributed by atoms with E-state index in [1.54, 1.807) is 12.1 Å². The Morgan fingerprint density at radius 3 is 2.08 bits per heavy atom. The van der Waals surface area contributed by atoms with Crippen LogP contribution in [0.4, 0.5) is 5.69 Å². The average Bonchev–Trinajstić information content (AvgIpc) is 3.22. The van der Waals surface area contributed by atoms with Gasteiger partial charge in [0.05, 0.1) is 24.4 Å². The Morgan fingerprint density at radius 1 is 1.00 bits per heavy atom. The molecular formula is C30H40BrCl2N3O3Si. The molecule has 0 amide bonds. The molecule has 6 nitrogen and oxygen atoms in total. The van der Waals surface area contributed by atoms with Gasteiger partial charge in [0, 0.05) is 15.7 Å². The zero-order valence-electron chi connectivity index (χ0n) is 24.4. The third-order valence-corrected chi connectivity index (χ3v) is 14.9. The fourth-order valence-electron chi connectivity index (χ4n) is 5.98. The topological polar surface area (TPSA) is 76.4 Å². The molecule has 3 aromatic rings. The fourth-order valence-corrected chi connectivity index (χ4v) is 12.5. The van der Waals surface area contributed by atoms with Crippen molar-refractivity contribution < 1.29 is 14.3 Å². The first-order valence-corrected chi connectivity index (χ1v) is 17.3.